The monoisotopic (exact) mass is 436 g/mol. The molecule has 0 aromatic heterocycles. The fourth-order valence-electron chi connectivity index (χ4n) is 3.42. The van der Waals surface area contributed by atoms with Gasteiger partial charge in [0, 0.05) is 23.9 Å². The topological polar surface area (TPSA) is 66.5 Å². The summed E-state index contributed by atoms with van der Waals surface area (Å²) in [6.45, 7) is 2.49. The van der Waals surface area contributed by atoms with Crippen molar-refractivity contribution in [1.82, 2.24) is 9.62 Å². The molecule has 0 unspecified atom stereocenters. The summed E-state index contributed by atoms with van der Waals surface area (Å²) in [6, 6.07) is 12.8. The van der Waals surface area contributed by atoms with Crippen molar-refractivity contribution in [1.29, 1.82) is 0 Å². The van der Waals surface area contributed by atoms with E-state index >= 15 is 0 Å². The molecule has 3 rings (SSSR count). The van der Waals surface area contributed by atoms with Crippen LogP contribution in [0.25, 0.3) is 0 Å². The third-order valence-corrected chi connectivity index (χ3v) is 7.91. The van der Waals surface area contributed by atoms with Crippen LogP contribution in [0.4, 0.5) is 4.39 Å². The van der Waals surface area contributed by atoms with E-state index in [0.717, 1.165) is 17.7 Å². The zero-order chi connectivity index (χ0) is 21.0. The third-order valence-electron chi connectivity index (χ3n) is 5.25. The highest BCUT2D eigenvalue weighted by molar-refractivity contribution is 7.98. The Morgan fingerprint density at radius 2 is 1.69 bits per heavy atom. The molecule has 1 heterocycles. The molecule has 156 valence electrons. The molecule has 1 aliphatic rings. The first-order chi connectivity index (χ1) is 13.8. The lowest BCUT2D eigenvalue weighted by molar-refractivity contribution is -0.126. The summed E-state index contributed by atoms with van der Waals surface area (Å²) < 4.78 is 39.8. The predicted molar refractivity (Wildman–Crippen MR) is 113 cm³/mol. The number of nitrogens with zero attached hydrogens (tertiary/aromatic N) is 1. The van der Waals surface area contributed by atoms with Gasteiger partial charge in [0.25, 0.3) is 0 Å². The Morgan fingerprint density at radius 1 is 1.10 bits per heavy atom. The highest BCUT2D eigenvalue weighted by atomic mass is 32.2. The Bertz CT molecular complexity index is 939. The molecule has 1 fully saturated rings. The minimum Gasteiger partial charge on any atom is -0.349 e. The normalized spacial score (nSPS) is 17.1. The Morgan fingerprint density at radius 3 is 2.24 bits per heavy atom. The zero-order valence-corrected chi connectivity index (χ0v) is 18.1. The van der Waals surface area contributed by atoms with Crippen molar-refractivity contribution in [3.8, 4) is 0 Å². The minimum absolute atomic E-state index is 0.0507. The van der Waals surface area contributed by atoms with E-state index in [1.807, 2.05) is 37.4 Å². The molecule has 1 N–H and O–H groups in total. The van der Waals surface area contributed by atoms with Crippen molar-refractivity contribution in [2.24, 2.45) is 5.92 Å². The zero-order valence-electron chi connectivity index (χ0n) is 16.5. The number of nitrogens with one attached hydrogen (secondary N) is 1. The maximum atomic E-state index is 13.1. The number of piperidine rings is 1. The van der Waals surface area contributed by atoms with Crippen molar-refractivity contribution in [2.45, 2.75) is 35.6 Å². The standard InChI is InChI=1S/C21H25FN2O3S2/c1-15(16-3-7-19(28-2)8-4-16)23-21(25)17-11-13-24(14-12-17)29(26,27)20-9-5-18(22)6-10-20/h3-10,15,17H,11-14H2,1-2H3,(H,23,25)/t15-/m0/s1. The van der Waals surface area contributed by atoms with E-state index in [1.165, 1.54) is 21.3 Å². The predicted octanol–water partition coefficient (Wildman–Crippen LogP) is 3.83. The van der Waals surface area contributed by atoms with E-state index in [2.05, 4.69) is 5.32 Å². The van der Waals surface area contributed by atoms with Crippen molar-refractivity contribution in [3.63, 3.8) is 0 Å². The van der Waals surface area contributed by atoms with Gasteiger partial charge in [-0.2, -0.15) is 4.31 Å². The smallest absolute Gasteiger partial charge is 0.243 e. The minimum atomic E-state index is -3.67. The molecule has 1 atom stereocenters. The number of sulfonamides is 1. The third kappa shape index (κ3) is 5.18. The number of benzene rings is 2. The fraction of sp³-hybridized carbons (Fsp3) is 0.381. The van der Waals surface area contributed by atoms with Crippen LogP contribution >= 0.6 is 11.8 Å². The van der Waals surface area contributed by atoms with E-state index in [1.54, 1.807) is 11.8 Å². The number of hydrogen-bond donors (Lipinski definition) is 1. The van der Waals surface area contributed by atoms with Gasteiger partial charge in [-0.3, -0.25) is 4.79 Å². The maximum Gasteiger partial charge on any atom is 0.243 e. The molecule has 1 amide bonds. The van der Waals surface area contributed by atoms with Crippen LogP contribution in [0.2, 0.25) is 0 Å². The summed E-state index contributed by atoms with van der Waals surface area (Å²) >= 11 is 1.67. The van der Waals surface area contributed by atoms with Gasteiger partial charge in [-0.25, -0.2) is 12.8 Å². The molecule has 0 spiro atoms. The molecule has 1 aliphatic heterocycles. The number of amides is 1. The number of carbonyl (C=O) groups excluding carboxylic acids is 1. The molecule has 0 saturated carbocycles. The average molecular weight is 437 g/mol. The maximum absolute atomic E-state index is 13.1. The Kier molecular flexibility index (Phi) is 6.97. The second kappa shape index (κ2) is 9.28. The quantitative estimate of drug-likeness (QED) is 0.699. The first kappa shape index (κ1) is 21.8. The molecule has 2 aromatic carbocycles. The number of carbonyl (C=O) groups is 1. The van der Waals surface area contributed by atoms with Crippen LogP contribution in [-0.4, -0.2) is 38.0 Å². The molecular formula is C21H25FN2O3S2. The molecular weight excluding hydrogens is 411 g/mol. The summed E-state index contributed by atoms with van der Waals surface area (Å²) in [7, 11) is -3.67. The molecule has 0 bridgehead atoms. The summed E-state index contributed by atoms with van der Waals surface area (Å²) in [4.78, 5) is 13.9. The summed E-state index contributed by atoms with van der Waals surface area (Å²) in [5, 5.41) is 3.04. The van der Waals surface area contributed by atoms with E-state index in [9.17, 15) is 17.6 Å². The second-order valence-electron chi connectivity index (χ2n) is 7.14. The van der Waals surface area contributed by atoms with Crippen molar-refractivity contribution >= 4 is 27.7 Å². The summed E-state index contributed by atoms with van der Waals surface area (Å²) in [5.74, 6) is -0.746. The van der Waals surface area contributed by atoms with Gasteiger partial charge in [0.05, 0.1) is 10.9 Å². The van der Waals surface area contributed by atoms with Gasteiger partial charge in [0.15, 0.2) is 0 Å². The molecule has 29 heavy (non-hydrogen) atoms. The van der Waals surface area contributed by atoms with Crippen molar-refractivity contribution in [3.05, 3.63) is 59.9 Å². The van der Waals surface area contributed by atoms with E-state index in [4.69, 9.17) is 0 Å². The van der Waals surface area contributed by atoms with Crippen LogP contribution < -0.4 is 5.32 Å². The van der Waals surface area contributed by atoms with Gasteiger partial charge in [-0.15, -0.1) is 11.8 Å². The van der Waals surface area contributed by atoms with Gasteiger partial charge >= 0.3 is 0 Å². The Balaban J connectivity index is 1.56. The lowest BCUT2D eigenvalue weighted by Gasteiger charge is -2.31. The first-order valence-corrected chi connectivity index (χ1v) is 12.2. The number of halogens is 1. The lowest BCUT2D eigenvalue weighted by Crippen LogP contribution is -2.43. The molecule has 2 aromatic rings. The summed E-state index contributed by atoms with van der Waals surface area (Å²) in [6.07, 6.45) is 2.94. The van der Waals surface area contributed by atoms with Gasteiger partial charge < -0.3 is 5.32 Å². The molecule has 0 radical (unpaired) electrons. The Labute approximate surface area is 175 Å². The number of thioether (sulfide) groups is 1. The highest BCUT2D eigenvalue weighted by Gasteiger charge is 2.32. The van der Waals surface area contributed by atoms with Crippen LogP contribution in [0.5, 0.6) is 0 Å². The van der Waals surface area contributed by atoms with E-state index in [0.29, 0.717) is 12.8 Å². The van der Waals surface area contributed by atoms with Crippen LogP contribution in [0.1, 0.15) is 31.4 Å². The summed E-state index contributed by atoms with van der Waals surface area (Å²) in [5.41, 5.74) is 1.03. The van der Waals surface area contributed by atoms with Gasteiger partial charge in [0.1, 0.15) is 5.82 Å². The van der Waals surface area contributed by atoms with E-state index < -0.39 is 15.8 Å². The number of rotatable bonds is 6. The molecule has 5 nitrogen and oxygen atoms in total. The molecule has 0 aliphatic carbocycles. The second-order valence-corrected chi connectivity index (χ2v) is 9.95. The highest BCUT2D eigenvalue weighted by Crippen LogP contribution is 2.25. The molecule has 1 saturated heterocycles. The average Bonchev–Trinajstić information content (AvgIpc) is 2.74. The lowest BCUT2D eigenvalue weighted by atomic mass is 9.96. The number of hydrogen-bond acceptors (Lipinski definition) is 4. The van der Waals surface area contributed by atoms with Crippen molar-refractivity contribution < 1.29 is 17.6 Å². The Hall–Kier alpha value is -1.90. The largest absolute Gasteiger partial charge is 0.349 e. The SMILES string of the molecule is CSc1ccc([C@H](C)NC(=O)C2CCN(S(=O)(=O)c3ccc(F)cc3)CC2)cc1. The van der Waals surface area contributed by atoms with Crippen LogP contribution in [0, 0.1) is 11.7 Å². The van der Waals surface area contributed by atoms with Crippen molar-refractivity contribution in [2.75, 3.05) is 19.3 Å². The van der Waals surface area contributed by atoms with E-state index in [-0.39, 0.29) is 35.9 Å². The van der Waals surface area contributed by atoms with Crippen LogP contribution in [0.15, 0.2) is 58.3 Å². The van der Waals surface area contributed by atoms with Gasteiger partial charge in [-0.05, 0) is 68.0 Å². The van der Waals surface area contributed by atoms with Crippen LogP contribution in [0.3, 0.4) is 0 Å². The fourth-order valence-corrected chi connectivity index (χ4v) is 5.30. The van der Waals surface area contributed by atoms with Gasteiger partial charge in [0.2, 0.25) is 15.9 Å². The molecule has 8 heteroatoms. The first-order valence-electron chi connectivity index (χ1n) is 9.51. The van der Waals surface area contributed by atoms with Gasteiger partial charge in [-0.1, -0.05) is 12.1 Å². The van der Waals surface area contributed by atoms with Crippen LogP contribution in [-0.2, 0) is 14.8 Å².